The molecule has 2 rings (SSSR count). The Hall–Kier alpha value is -1.46. The van der Waals surface area contributed by atoms with Gasteiger partial charge in [-0.2, -0.15) is 0 Å². The van der Waals surface area contributed by atoms with E-state index in [1.54, 1.807) is 18.2 Å². The summed E-state index contributed by atoms with van der Waals surface area (Å²) < 4.78 is 0. The van der Waals surface area contributed by atoms with Crippen molar-refractivity contribution in [3.8, 4) is 0 Å². The van der Waals surface area contributed by atoms with Crippen LogP contribution < -0.4 is 0 Å². The van der Waals surface area contributed by atoms with Crippen molar-refractivity contribution < 1.29 is 15.0 Å². The Bertz CT molecular complexity index is 460. The number of hydrogen-bond acceptors (Lipinski definition) is 3. The molecule has 2 atom stereocenters. The minimum atomic E-state index is -1.01. The Labute approximate surface area is 98.1 Å². The molecular weight excluding hydrogens is 226 g/mol. The van der Waals surface area contributed by atoms with E-state index in [0.29, 0.717) is 10.6 Å². The predicted octanol–water partition coefficient (Wildman–Crippen LogP) is 1.14. The number of thiocarbonyl (C=S) groups is 1. The molecule has 5 heteroatoms. The lowest BCUT2D eigenvalue weighted by Crippen LogP contribution is -2.41. The Morgan fingerprint density at radius 1 is 1.50 bits per heavy atom. The molecule has 0 bridgehead atoms. The fraction of sp³-hybridized carbons (Fsp3) is 0.273. The molecule has 0 spiro atoms. The topological polar surface area (TPSA) is 60.8 Å². The molecule has 1 heterocycles. The summed E-state index contributed by atoms with van der Waals surface area (Å²) in [6, 6.07) is 6.30. The quantitative estimate of drug-likeness (QED) is 0.755. The standard InChI is InChI=1S/C11H11NO3S/c1-6(11(14)15)12-9(13)7-4-2-3-5-8(7)10(12)16/h2-6,9,13H,1H3,(H,14,15). The molecule has 4 nitrogen and oxygen atoms in total. The van der Waals surface area contributed by atoms with Crippen molar-refractivity contribution in [2.24, 2.45) is 0 Å². The molecule has 2 unspecified atom stereocenters. The highest BCUT2D eigenvalue weighted by Crippen LogP contribution is 2.33. The normalized spacial score (nSPS) is 20.8. The van der Waals surface area contributed by atoms with Gasteiger partial charge in [0.25, 0.3) is 0 Å². The minimum absolute atomic E-state index is 0.387. The van der Waals surface area contributed by atoms with Gasteiger partial charge in [-0.1, -0.05) is 36.5 Å². The highest BCUT2D eigenvalue weighted by atomic mass is 32.1. The van der Waals surface area contributed by atoms with Gasteiger partial charge in [0.05, 0.1) is 0 Å². The van der Waals surface area contributed by atoms with Crippen LogP contribution in [0.2, 0.25) is 0 Å². The number of aliphatic hydroxyl groups is 1. The summed E-state index contributed by atoms with van der Waals surface area (Å²) in [5, 5.41) is 19.0. The monoisotopic (exact) mass is 237 g/mol. The maximum absolute atomic E-state index is 10.9. The van der Waals surface area contributed by atoms with Crippen LogP contribution in [-0.4, -0.2) is 32.1 Å². The van der Waals surface area contributed by atoms with Crippen LogP contribution in [0.5, 0.6) is 0 Å². The Morgan fingerprint density at radius 3 is 2.69 bits per heavy atom. The summed E-state index contributed by atoms with van der Waals surface area (Å²) >= 11 is 5.17. The van der Waals surface area contributed by atoms with E-state index in [9.17, 15) is 9.90 Å². The number of hydrogen-bond donors (Lipinski definition) is 2. The fourth-order valence-corrected chi connectivity index (χ4v) is 2.27. The molecule has 0 aromatic heterocycles. The third-order valence-corrected chi connectivity index (χ3v) is 3.17. The lowest BCUT2D eigenvalue weighted by Gasteiger charge is -2.26. The van der Waals surface area contributed by atoms with Crippen LogP contribution in [0.1, 0.15) is 24.3 Å². The molecule has 0 saturated heterocycles. The zero-order valence-corrected chi connectivity index (χ0v) is 9.44. The van der Waals surface area contributed by atoms with Gasteiger partial charge in [-0.05, 0) is 6.92 Å². The van der Waals surface area contributed by atoms with E-state index in [1.807, 2.05) is 6.07 Å². The number of carbonyl (C=O) groups is 1. The largest absolute Gasteiger partial charge is 0.480 e. The van der Waals surface area contributed by atoms with Crippen LogP contribution >= 0.6 is 12.2 Å². The molecule has 1 aliphatic heterocycles. The van der Waals surface area contributed by atoms with Crippen LogP contribution in [0.25, 0.3) is 0 Å². The minimum Gasteiger partial charge on any atom is -0.480 e. The Balaban J connectivity index is 2.42. The van der Waals surface area contributed by atoms with Crippen molar-refractivity contribution in [1.82, 2.24) is 4.90 Å². The van der Waals surface area contributed by atoms with Gasteiger partial charge in [0, 0.05) is 11.1 Å². The maximum atomic E-state index is 10.9. The van der Waals surface area contributed by atoms with Crippen molar-refractivity contribution in [3.63, 3.8) is 0 Å². The molecule has 1 aromatic rings. The van der Waals surface area contributed by atoms with Gasteiger partial charge < -0.3 is 15.1 Å². The third-order valence-electron chi connectivity index (χ3n) is 2.74. The lowest BCUT2D eigenvalue weighted by atomic mass is 10.1. The molecule has 0 amide bonds. The third kappa shape index (κ3) is 1.48. The van der Waals surface area contributed by atoms with Crippen molar-refractivity contribution in [2.45, 2.75) is 19.2 Å². The van der Waals surface area contributed by atoms with E-state index in [2.05, 4.69) is 0 Å². The predicted molar refractivity (Wildman–Crippen MR) is 62.0 cm³/mol. The number of nitrogens with zero attached hydrogens (tertiary/aromatic N) is 1. The number of benzene rings is 1. The van der Waals surface area contributed by atoms with Crippen LogP contribution in [0.4, 0.5) is 0 Å². The maximum Gasteiger partial charge on any atom is 0.326 e. The lowest BCUT2D eigenvalue weighted by molar-refractivity contribution is -0.143. The number of rotatable bonds is 2. The summed E-state index contributed by atoms with van der Waals surface area (Å²) in [5.74, 6) is -1.01. The molecule has 0 radical (unpaired) electrons. The number of carboxylic acid groups (broad SMARTS) is 1. The van der Waals surface area contributed by atoms with E-state index in [0.717, 1.165) is 5.56 Å². The van der Waals surface area contributed by atoms with Gasteiger partial charge in [0.15, 0.2) is 6.23 Å². The second-order valence-corrected chi connectivity index (χ2v) is 4.07. The summed E-state index contributed by atoms with van der Waals surface area (Å²) in [7, 11) is 0. The summed E-state index contributed by atoms with van der Waals surface area (Å²) in [5.41, 5.74) is 1.40. The first kappa shape index (κ1) is 11.0. The van der Waals surface area contributed by atoms with E-state index < -0.39 is 18.2 Å². The van der Waals surface area contributed by atoms with Gasteiger partial charge in [-0.25, -0.2) is 4.79 Å². The molecule has 2 N–H and O–H groups in total. The highest BCUT2D eigenvalue weighted by molar-refractivity contribution is 7.80. The van der Waals surface area contributed by atoms with E-state index in [-0.39, 0.29) is 0 Å². The van der Waals surface area contributed by atoms with E-state index >= 15 is 0 Å². The molecule has 16 heavy (non-hydrogen) atoms. The smallest absolute Gasteiger partial charge is 0.326 e. The molecule has 0 aliphatic carbocycles. The average Bonchev–Trinajstić information content (AvgIpc) is 2.52. The van der Waals surface area contributed by atoms with Gasteiger partial charge in [0.2, 0.25) is 0 Å². The summed E-state index contributed by atoms with van der Waals surface area (Å²) in [6.45, 7) is 1.50. The number of aliphatic carboxylic acids is 1. The number of carboxylic acids is 1. The number of fused-ring (bicyclic) bond motifs is 1. The van der Waals surface area contributed by atoms with Gasteiger partial charge >= 0.3 is 5.97 Å². The Morgan fingerprint density at radius 2 is 2.12 bits per heavy atom. The fourth-order valence-electron chi connectivity index (χ4n) is 1.82. The van der Waals surface area contributed by atoms with Crippen molar-refractivity contribution in [2.75, 3.05) is 0 Å². The molecule has 0 fully saturated rings. The van der Waals surface area contributed by atoms with Crippen LogP contribution in [0, 0.1) is 0 Å². The summed E-state index contributed by atoms with van der Waals surface area (Å²) in [6.07, 6.45) is -0.963. The van der Waals surface area contributed by atoms with Crippen LogP contribution in [0.3, 0.4) is 0 Å². The Kier molecular flexibility index (Phi) is 2.65. The van der Waals surface area contributed by atoms with Crippen molar-refractivity contribution in [1.29, 1.82) is 0 Å². The summed E-state index contributed by atoms with van der Waals surface area (Å²) in [4.78, 5) is 12.6. The van der Waals surface area contributed by atoms with E-state index in [4.69, 9.17) is 17.3 Å². The van der Waals surface area contributed by atoms with Crippen molar-refractivity contribution >= 4 is 23.2 Å². The molecule has 84 valence electrons. The SMILES string of the molecule is CC(C(=O)O)N1C(=S)c2ccccc2C1O. The van der Waals surface area contributed by atoms with Gasteiger partial charge in [0.1, 0.15) is 11.0 Å². The van der Waals surface area contributed by atoms with Gasteiger partial charge in [-0.3, -0.25) is 0 Å². The molecular formula is C11H11NO3S. The van der Waals surface area contributed by atoms with Gasteiger partial charge in [-0.15, -0.1) is 0 Å². The molecule has 0 saturated carbocycles. The second kappa shape index (κ2) is 3.84. The molecule has 1 aliphatic rings. The molecule has 1 aromatic carbocycles. The van der Waals surface area contributed by atoms with Crippen LogP contribution in [0.15, 0.2) is 24.3 Å². The number of aliphatic hydroxyl groups excluding tert-OH is 1. The highest BCUT2D eigenvalue weighted by Gasteiger charge is 2.37. The second-order valence-electron chi connectivity index (χ2n) is 3.69. The zero-order chi connectivity index (χ0) is 11.9. The first-order valence-corrected chi connectivity index (χ1v) is 5.27. The zero-order valence-electron chi connectivity index (χ0n) is 8.62. The average molecular weight is 237 g/mol. The van der Waals surface area contributed by atoms with E-state index in [1.165, 1.54) is 11.8 Å². The van der Waals surface area contributed by atoms with Crippen LogP contribution in [-0.2, 0) is 4.79 Å². The first-order valence-electron chi connectivity index (χ1n) is 4.86. The van der Waals surface area contributed by atoms with Crippen molar-refractivity contribution in [3.05, 3.63) is 35.4 Å². The first-order chi connectivity index (χ1) is 7.54.